The second-order valence-electron chi connectivity index (χ2n) is 4.88. The van der Waals surface area contributed by atoms with Crippen LogP contribution >= 0.6 is 24.0 Å². The number of anilines is 1. The number of morpholine rings is 1. The number of hydrogen-bond acceptors (Lipinski definition) is 5. The third-order valence-electron chi connectivity index (χ3n) is 3.35. The Morgan fingerprint density at radius 3 is 3.05 bits per heavy atom. The molecular formula is C14H21N3OS2. The zero-order chi connectivity index (χ0) is 14.5. The Morgan fingerprint density at radius 1 is 1.60 bits per heavy atom. The van der Waals surface area contributed by atoms with Crippen LogP contribution < -0.4 is 11.1 Å². The highest BCUT2D eigenvalue weighted by atomic mass is 32.2. The fourth-order valence-corrected chi connectivity index (χ4v) is 3.24. The van der Waals surface area contributed by atoms with Crippen molar-refractivity contribution >= 4 is 34.7 Å². The average Bonchev–Trinajstić information content (AvgIpc) is 2.44. The molecule has 6 heteroatoms. The number of nitrogens with one attached hydrogen (secondary N) is 1. The first-order chi connectivity index (χ1) is 9.61. The number of hydrogen-bond donors (Lipinski definition) is 2. The summed E-state index contributed by atoms with van der Waals surface area (Å²) in [6, 6.07) is 6.07. The van der Waals surface area contributed by atoms with Crippen LogP contribution in [0.25, 0.3) is 0 Å². The van der Waals surface area contributed by atoms with Gasteiger partial charge in [0.15, 0.2) is 0 Å². The first kappa shape index (κ1) is 15.6. The fourth-order valence-electron chi connectivity index (χ4n) is 2.32. The maximum absolute atomic E-state index is 5.86. The van der Waals surface area contributed by atoms with E-state index in [2.05, 4.69) is 17.3 Å². The van der Waals surface area contributed by atoms with Crippen molar-refractivity contribution in [1.29, 1.82) is 0 Å². The number of likely N-dealkylation sites (N-methyl/N-ethyl adjacent to an activating group) is 1. The number of benzene rings is 1. The molecule has 0 aliphatic carbocycles. The van der Waals surface area contributed by atoms with Gasteiger partial charge < -0.3 is 20.7 Å². The number of ether oxygens (including phenoxy) is 1. The van der Waals surface area contributed by atoms with Gasteiger partial charge in [-0.15, -0.1) is 11.8 Å². The molecule has 0 aromatic heterocycles. The largest absolute Gasteiger partial charge is 0.389 e. The topological polar surface area (TPSA) is 50.5 Å². The highest BCUT2D eigenvalue weighted by molar-refractivity contribution is 7.98. The summed E-state index contributed by atoms with van der Waals surface area (Å²) in [5.41, 5.74) is 7.78. The van der Waals surface area contributed by atoms with Gasteiger partial charge in [-0.2, -0.15) is 0 Å². The van der Waals surface area contributed by atoms with Crippen molar-refractivity contribution in [2.45, 2.75) is 11.0 Å². The lowest BCUT2D eigenvalue weighted by Crippen LogP contribution is -2.43. The molecule has 20 heavy (non-hydrogen) atoms. The van der Waals surface area contributed by atoms with Crippen molar-refractivity contribution in [3.8, 4) is 0 Å². The van der Waals surface area contributed by atoms with E-state index in [0.29, 0.717) is 4.99 Å². The van der Waals surface area contributed by atoms with E-state index in [1.54, 1.807) is 11.8 Å². The number of nitrogens with zero attached hydrogens (tertiary/aromatic N) is 1. The van der Waals surface area contributed by atoms with Gasteiger partial charge in [-0.25, -0.2) is 0 Å². The molecule has 3 N–H and O–H groups in total. The smallest absolute Gasteiger partial charge is 0.107 e. The van der Waals surface area contributed by atoms with Crippen LogP contribution in [0.2, 0.25) is 0 Å². The molecule has 1 aliphatic heterocycles. The number of thioether (sulfide) groups is 1. The van der Waals surface area contributed by atoms with Gasteiger partial charge in [0.25, 0.3) is 0 Å². The molecule has 4 nitrogen and oxygen atoms in total. The van der Waals surface area contributed by atoms with Crippen molar-refractivity contribution in [3.05, 3.63) is 23.8 Å². The molecule has 1 atom stereocenters. The Bertz CT molecular complexity index is 481. The first-order valence-electron chi connectivity index (χ1n) is 6.62. The van der Waals surface area contributed by atoms with Crippen molar-refractivity contribution in [2.75, 3.05) is 44.9 Å². The average molecular weight is 311 g/mol. The maximum atomic E-state index is 5.86. The Hall–Kier alpha value is -0.820. The molecule has 110 valence electrons. The van der Waals surface area contributed by atoms with Crippen LogP contribution in [-0.2, 0) is 4.74 Å². The van der Waals surface area contributed by atoms with E-state index < -0.39 is 0 Å². The van der Waals surface area contributed by atoms with Crippen LogP contribution in [0.5, 0.6) is 0 Å². The summed E-state index contributed by atoms with van der Waals surface area (Å²) < 4.78 is 5.75. The van der Waals surface area contributed by atoms with Crippen LogP contribution in [-0.4, -0.2) is 55.5 Å². The number of thiocarbonyl (C=S) groups is 1. The highest BCUT2D eigenvalue weighted by Crippen LogP contribution is 2.27. The molecular weight excluding hydrogens is 290 g/mol. The van der Waals surface area contributed by atoms with Crippen LogP contribution in [0.1, 0.15) is 5.56 Å². The standard InChI is InChI=1S/C14H21N3OS2/c1-17-6-7-18-10(9-17)8-16-11-4-3-5-12(20-2)13(11)14(15)19/h3-5,10,16H,6-9H2,1-2H3,(H2,15,19). The monoisotopic (exact) mass is 311 g/mol. The van der Waals surface area contributed by atoms with Crippen LogP contribution in [0, 0.1) is 0 Å². The van der Waals surface area contributed by atoms with Gasteiger partial charge in [-0.05, 0) is 25.4 Å². The summed E-state index contributed by atoms with van der Waals surface area (Å²) in [6.07, 6.45) is 2.23. The minimum absolute atomic E-state index is 0.200. The lowest BCUT2D eigenvalue weighted by molar-refractivity contribution is -0.0117. The second kappa shape index (κ2) is 7.26. The van der Waals surface area contributed by atoms with E-state index in [1.165, 1.54) is 0 Å². The van der Waals surface area contributed by atoms with E-state index in [4.69, 9.17) is 22.7 Å². The minimum atomic E-state index is 0.200. The van der Waals surface area contributed by atoms with Gasteiger partial charge in [-0.3, -0.25) is 0 Å². The summed E-state index contributed by atoms with van der Waals surface area (Å²) >= 11 is 6.83. The third-order valence-corrected chi connectivity index (χ3v) is 4.34. The molecule has 1 saturated heterocycles. The van der Waals surface area contributed by atoms with Crippen molar-refractivity contribution in [1.82, 2.24) is 4.90 Å². The molecule has 1 aliphatic rings. The van der Waals surface area contributed by atoms with Crippen LogP contribution in [0.15, 0.2) is 23.1 Å². The van der Waals surface area contributed by atoms with E-state index in [0.717, 1.165) is 42.4 Å². The summed E-state index contributed by atoms with van der Waals surface area (Å²) in [5, 5.41) is 3.43. The Balaban J connectivity index is 2.07. The SMILES string of the molecule is CSc1cccc(NCC2CN(C)CCO2)c1C(N)=S. The first-order valence-corrected chi connectivity index (χ1v) is 8.26. The Morgan fingerprint density at radius 2 is 2.40 bits per heavy atom. The zero-order valence-electron chi connectivity index (χ0n) is 11.9. The Labute approximate surface area is 130 Å². The summed E-state index contributed by atoms with van der Waals surface area (Å²) in [5.74, 6) is 0. The summed E-state index contributed by atoms with van der Waals surface area (Å²) in [7, 11) is 2.12. The minimum Gasteiger partial charge on any atom is -0.389 e. The van der Waals surface area contributed by atoms with Crippen molar-refractivity contribution in [2.24, 2.45) is 5.73 Å². The lowest BCUT2D eigenvalue weighted by Gasteiger charge is -2.30. The van der Waals surface area contributed by atoms with Gasteiger partial charge in [0.05, 0.1) is 12.7 Å². The highest BCUT2D eigenvalue weighted by Gasteiger charge is 2.18. The quantitative estimate of drug-likeness (QED) is 0.639. The molecule has 0 saturated carbocycles. The van der Waals surface area contributed by atoms with Gasteiger partial charge in [0, 0.05) is 35.8 Å². The fraction of sp³-hybridized carbons (Fsp3) is 0.500. The summed E-state index contributed by atoms with van der Waals surface area (Å²) in [4.78, 5) is 3.81. The van der Waals surface area contributed by atoms with Gasteiger partial charge in [0.1, 0.15) is 4.99 Å². The lowest BCUT2D eigenvalue weighted by atomic mass is 10.1. The molecule has 1 unspecified atom stereocenters. The van der Waals surface area contributed by atoms with Gasteiger partial charge >= 0.3 is 0 Å². The molecule has 0 amide bonds. The van der Waals surface area contributed by atoms with Crippen molar-refractivity contribution in [3.63, 3.8) is 0 Å². The molecule has 1 aromatic rings. The van der Waals surface area contributed by atoms with E-state index in [9.17, 15) is 0 Å². The van der Waals surface area contributed by atoms with Gasteiger partial charge in [-0.1, -0.05) is 18.3 Å². The number of nitrogens with two attached hydrogens (primary N) is 1. The molecule has 0 bridgehead atoms. The van der Waals surface area contributed by atoms with Crippen LogP contribution in [0.3, 0.4) is 0 Å². The predicted molar refractivity (Wildman–Crippen MR) is 89.8 cm³/mol. The Kier molecular flexibility index (Phi) is 5.65. The number of rotatable bonds is 5. The van der Waals surface area contributed by atoms with Crippen LogP contribution in [0.4, 0.5) is 5.69 Å². The van der Waals surface area contributed by atoms with Gasteiger partial charge in [0.2, 0.25) is 0 Å². The molecule has 0 spiro atoms. The van der Waals surface area contributed by atoms with E-state index >= 15 is 0 Å². The zero-order valence-corrected chi connectivity index (χ0v) is 13.5. The van der Waals surface area contributed by atoms with E-state index in [1.807, 2.05) is 24.5 Å². The molecule has 2 rings (SSSR count). The summed E-state index contributed by atoms with van der Waals surface area (Å²) in [6.45, 7) is 3.49. The normalized spacial score (nSPS) is 19.8. The maximum Gasteiger partial charge on any atom is 0.107 e. The third kappa shape index (κ3) is 3.85. The second-order valence-corrected chi connectivity index (χ2v) is 6.17. The predicted octanol–water partition coefficient (Wildman–Crippen LogP) is 1.79. The molecule has 1 heterocycles. The molecule has 1 aromatic carbocycles. The van der Waals surface area contributed by atoms with Crippen molar-refractivity contribution < 1.29 is 4.74 Å². The molecule has 1 fully saturated rings. The molecule has 0 radical (unpaired) electrons. The van der Waals surface area contributed by atoms with E-state index in [-0.39, 0.29) is 6.10 Å².